The van der Waals surface area contributed by atoms with Crippen LogP contribution in [-0.4, -0.2) is 23.1 Å². The first-order chi connectivity index (χ1) is 18.1. The van der Waals surface area contributed by atoms with Gasteiger partial charge in [0.1, 0.15) is 0 Å². The number of carbonyl (C=O) groups is 2. The summed E-state index contributed by atoms with van der Waals surface area (Å²) in [6.45, 7) is 2.26. The van der Waals surface area contributed by atoms with E-state index in [2.05, 4.69) is 6.92 Å². The van der Waals surface area contributed by atoms with Crippen molar-refractivity contribution in [2.24, 2.45) is 0 Å². The third-order valence-corrected chi connectivity index (χ3v) is 7.32. The molecule has 0 aliphatic carbocycles. The fourth-order valence-electron chi connectivity index (χ4n) is 5.18. The molecule has 200 valence electrons. The van der Waals surface area contributed by atoms with Crippen LogP contribution in [0.25, 0.3) is 21.5 Å². The van der Waals surface area contributed by atoms with Gasteiger partial charge in [-0.2, -0.15) is 0 Å². The van der Waals surface area contributed by atoms with Crippen molar-refractivity contribution in [1.82, 2.24) is 0 Å². The topological polar surface area (TPSA) is 63.6 Å². The summed E-state index contributed by atoms with van der Waals surface area (Å²) in [7, 11) is 0. The van der Waals surface area contributed by atoms with Crippen molar-refractivity contribution < 1.29 is 19.4 Å². The molecule has 0 aromatic heterocycles. The smallest absolute Gasteiger partial charge is 0.345 e. The quantitative estimate of drug-likeness (QED) is 0.106. The number of ether oxygens (including phenoxy) is 1. The number of esters is 1. The summed E-state index contributed by atoms with van der Waals surface area (Å²) >= 11 is 0. The van der Waals surface area contributed by atoms with Crippen molar-refractivity contribution in [2.45, 2.75) is 109 Å². The van der Waals surface area contributed by atoms with Crippen LogP contribution in [0, 0.1) is 0 Å². The molecule has 0 aliphatic rings. The van der Waals surface area contributed by atoms with Gasteiger partial charge in [0.25, 0.3) is 0 Å². The Balaban J connectivity index is 1.40. The van der Waals surface area contributed by atoms with E-state index in [0.717, 1.165) is 40.8 Å². The number of unbranched alkanes of at least 4 members (excludes halogenated alkanes) is 13. The molecule has 0 spiro atoms. The van der Waals surface area contributed by atoms with E-state index in [1.54, 1.807) is 0 Å². The maximum atomic E-state index is 13.2. The summed E-state index contributed by atoms with van der Waals surface area (Å²) in [5.74, 6) is -1.64. The molecule has 1 N–H and O–H groups in total. The zero-order valence-corrected chi connectivity index (χ0v) is 22.6. The molecule has 3 aromatic carbocycles. The number of hydrogen-bond donors (Lipinski definition) is 1. The van der Waals surface area contributed by atoms with Crippen LogP contribution in [-0.2, 0) is 9.53 Å². The summed E-state index contributed by atoms with van der Waals surface area (Å²) < 4.78 is 5.59. The van der Waals surface area contributed by atoms with Crippen LogP contribution in [0.3, 0.4) is 0 Å². The Bertz CT molecular complexity index is 1070. The maximum Gasteiger partial charge on any atom is 0.345 e. The van der Waals surface area contributed by atoms with E-state index < -0.39 is 18.0 Å². The minimum atomic E-state index is -1.12. The molecule has 0 saturated carbocycles. The van der Waals surface area contributed by atoms with Crippen molar-refractivity contribution in [2.75, 3.05) is 0 Å². The molecule has 0 aliphatic heterocycles. The van der Waals surface area contributed by atoms with Gasteiger partial charge in [0.2, 0.25) is 0 Å². The van der Waals surface area contributed by atoms with Gasteiger partial charge in [-0.25, -0.2) is 9.59 Å². The lowest BCUT2D eigenvalue weighted by Gasteiger charge is -2.16. The summed E-state index contributed by atoms with van der Waals surface area (Å²) in [6.07, 6.45) is 16.7. The lowest BCUT2D eigenvalue weighted by molar-refractivity contribution is -0.147. The van der Waals surface area contributed by atoms with Crippen molar-refractivity contribution in [3.05, 3.63) is 60.2 Å². The van der Waals surface area contributed by atoms with Crippen LogP contribution in [0.15, 0.2) is 54.6 Å². The van der Waals surface area contributed by atoms with Crippen LogP contribution in [0.2, 0.25) is 0 Å². The zero-order chi connectivity index (χ0) is 26.3. The summed E-state index contributed by atoms with van der Waals surface area (Å²) in [5, 5.41) is 13.2. The average molecular weight is 505 g/mol. The normalized spacial score (nSPS) is 12.1. The fraction of sp³-hybridized carbons (Fsp3) is 0.515. The highest BCUT2D eigenvalue weighted by Crippen LogP contribution is 2.29. The second kappa shape index (κ2) is 16.1. The number of carboxylic acids is 1. The van der Waals surface area contributed by atoms with Gasteiger partial charge in [-0.1, -0.05) is 139 Å². The molecule has 3 rings (SSSR count). The molecule has 0 amide bonds. The van der Waals surface area contributed by atoms with E-state index in [4.69, 9.17) is 4.74 Å². The molecule has 1 atom stereocenters. The Labute approximate surface area is 222 Å². The molecule has 0 saturated heterocycles. The van der Waals surface area contributed by atoms with Gasteiger partial charge in [0, 0.05) is 0 Å². The number of aliphatic carboxylic acids is 1. The van der Waals surface area contributed by atoms with Gasteiger partial charge in [0.05, 0.1) is 5.56 Å². The Morgan fingerprint density at radius 3 is 1.57 bits per heavy atom. The largest absolute Gasteiger partial charge is 0.479 e. The molecule has 0 bridgehead atoms. The van der Waals surface area contributed by atoms with E-state index in [0.29, 0.717) is 12.0 Å². The van der Waals surface area contributed by atoms with E-state index >= 15 is 0 Å². The van der Waals surface area contributed by atoms with Crippen molar-refractivity contribution >= 4 is 33.5 Å². The molecule has 37 heavy (non-hydrogen) atoms. The first-order valence-corrected chi connectivity index (χ1v) is 14.5. The minimum absolute atomic E-state index is 0.349. The Kier molecular flexibility index (Phi) is 12.5. The van der Waals surface area contributed by atoms with Crippen molar-refractivity contribution in [1.29, 1.82) is 0 Å². The Morgan fingerprint density at radius 2 is 1.11 bits per heavy atom. The molecule has 3 aromatic rings. The molecule has 0 heterocycles. The average Bonchev–Trinajstić information content (AvgIpc) is 2.90. The van der Waals surface area contributed by atoms with E-state index in [1.807, 2.05) is 54.6 Å². The molecule has 4 nitrogen and oxygen atoms in total. The van der Waals surface area contributed by atoms with Gasteiger partial charge in [0.15, 0.2) is 6.10 Å². The second-order valence-corrected chi connectivity index (χ2v) is 10.3. The molecular formula is C33H44O4. The third-order valence-electron chi connectivity index (χ3n) is 7.32. The van der Waals surface area contributed by atoms with Crippen LogP contribution in [0.4, 0.5) is 0 Å². The zero-order valence-electron chi connectivity index (χ0n) is 22.6. The minimum Gasteiger partial charge on any atom is -0.479 e. The Morgan fingerprint density at radius 1 is 0.676 bits per heavy atom. The maximum absolute atomic E-state index is 13.2. The van der Waals surface area contributed by atoms with E-state index in [-0.39, 0.29) is 0 Å². The highest BCUT2D eigenvalue weighted by molar-refractivity contribution is 6.16. The second-order valence-electron chi connectivity index (χ2n) is 10.3. The van der Waals surface area contributed by atoms with Crippen LogP contribution in [0.5, 0.6) is 0 Å². The number of hydrogen-bond acceptors (Lipinski definition) is 3. The van der Waals surface area contributed by atoms with Crippen LogP contribution >= 0.6 is 0 Å². The first-order valence-electron chi connectivity index (χ1n) is 14.5. The molecular weight excluding hydrogens is 460 g/mol. The SMILES string of the molecule is CCCCCCCCCCCCCCCCC(OC(=O)c1c2ccccc2cc2ccccc12)C(=O)O. The van der Waals surface area contributed by atoms with Crippen LogP contribution < -0.4 is 0 Å². The predicted octanol–water partition coefficient (Wildman–Crippen LogP) is 9.47. The number of benzene rings is 3. The van der Waals surface area contributed by atoms with Crippen LogP contribution in [0.1, 0.15) is 114 Å². The van der Waals surface area contributed by atoms with Gasteiger partial charge in [-0.3, -0.25) is 0 Å². The number of rotatable bonds is 18. The summed E-state index contributed by atoms with van der Waals surface area (Å²) in [5.41, 5.74) is 0.445. The molecule has 0 radical (unpaired) electrons. The number of fused-ring (bicyclic) bond motifs is 2. The van der Waals surface area contributed by atoms with Gasteiger partial charge < -0.3 is 9.84 Å². The van der Waals surface area contributed by atoms with Crippen molar-refractivity contribution in [3.8, 4) is 0 Å². The van der Waals surface area contributed by atoms with E-state index in [1.165, 1.54) is 70.6 Å². The monoisotopic (exact) mass is 504 g/mol. The molecule has 4 heteroatoms. The van der Waals surface area contributed by atoms with E-state index in [9.17, 15) is 14.7 Å². The highest BCUT2D eigenvalue weighted by atomic mass is 16.6. The summed E-state index contributed by atoms with van der Waals surface area (Å²) in [4.78, 5) is 25.1. The van der Waals surface area contributed by atoms with Gasteiger partial charge in [-0.05, 0) is 40.5 Å². The lowest BCUT2D eigenvalue weighted by atomic mass is 9.97. The summed E-state index contributed by atoms with van der Waals surface area (Å²) in [6, 6.07) is 17.4. The molecule has 0 fully saturated rings. The predicted molar refractivity (Wildman–Crippen MR) is 153 cm³/mol. The molecule has 1 unspecified atom stereocenters. The van der Waals surface area contributed by atoms with Gasteiger partial charge >= 0.3 is 11.9 Å². The number of carboxylic acid groups (broad SMARTS) is 1. The Hall–Kier alpha value is -2.88. The van der Waals surface area contributed by atoms with Gasteiger partial charge in [-0.15, -0.1) is 0 Å². The fourth-order valence-corrected chi connectivity index (χ4v) is 5.18. The first kappa shape index (κ1) is 28.7. The highest BCUT2D eigenvalue weighted by Gasteiger charge is 2.25. The third kappa shape index (κ3) is 9.18. The number of carbonyl (C=O) groups excluding carboxylic acids is 1. The van der Waals surface area contributed by atoms with Crippen molar-refractivity contribution in [3.63, 3.8) is 0 Å². The standard InChI is InChI=1S/C33H44O4/c1-2-3-4-5-6-7-8-9-10-11-12-13-14-15-24-30(32(34)35)37-33(36)31-28-22-18-16-20-26(28)25-27-21-17-19-23-29(27)31/h16-23,25,30H,2-15,24H2,1H3,(H,34,35). The lowest BCUT2D eigenvalue weighted by Crippen LogP contribution is -2.27.